The van der Waals surface area contributed by atoms with Gasteiger partial charge < -0.3 is 15.4 Å². The molecule has 0 atom stereocenters. The van der Waals surface area contributed by atoms with E-state index in [0.717, 1.165) is 28.9 Å². The van der Waals surface area contributed by atoms with E-state index in [1.165, 1.54) is 24.8 Å². The number of nitrogens with one attached hydrogen (secondary N) is 1. The summed E-state index contributed by atoms with van der Waals surface area (Å²) in [5.41, 5.74) is 11.2. The summed E-state index contributed by atoms with van der Waals surface area (Å²) in [4.78, 5) is 16.9. The first-order chi connectivity index (χ1) is 16.1. The monoisotopic (exact) mass is 446 g/mol. The van der Waals surface area contributed by atoms with Crippen molar-refractivity contribution in [3.63, 3.8) is 0 Å². The first-order valence-electron chi connectivity index (χ1n) is 11.7. The lowest BCUT2D eigenvalue weighted by Gasteiger charge is -2.14. The Morgan fingerprint density at radius 3 is 2.24 bits per heavy atom. The van der Waals surface area contributed by atoms with Gasteiger partial charge in [-0.05, 0) is 48.1 Å². The number of amides is 1. The van der Waals surface area contributed by atoms with Crippen LogP contribution in [0.15, 0.2) is 71.7 Å². The average Bonchev–Trinajstić information content (AvgIpc) is 3.23. The zero-order valence-corrected chi connectivity index (χ0v) is 19.3. The van der Waals surface area contributed by atoms with Gasteiger partial charge in [-0.15, -0.1) is 0 Å². The van der Waals surface area contributed by atoms with Crippen molar-refractivity contribution in [3.8, 4) is 22.5 Å². The van der Waals surface area contributed by atoms with Crippen LogP contribution in [-0.2, 0) is 17.8 Å². The van der Waals surface area contributed by atoms with E-state index in [2.05, 4.69) is 47.6 Å². The number of unbranched alkanes of at least 4 members (excludes halogenated alkanes) is 2. The van der Waals surface area contributed by atoms with Crippen molar-refractivity contribution >= 4 is 11.9 Å². The van der Waals surface area contributed by atoms with E-state index in [9.17, 15) is 4.79 Å². The van der Waals surface area contributed by atoms with Crippen molar-refractivity contribution in [3.05, 3.63) is 72.3 Å². The van der Waals surface area contributed by atoms with Crippen LogP contribution in [0.25, 0.3) is 22.5 Å². The Morgan fingerprint density at radius 1 is 0.939 bits per heavy atom. The van der Waals surface area contributed by atoms with Crippen LogP contribution < -0.4 is 11.1 Å². The Hall–Kier alpha value is -3.38. The second kappa shape index (κ2) is 12.6. The van der Waals surface area contributed by atoms with Crippen LogP contribution >= 0.6 is 0 Å². The molecule has 0 unspecified atom stereocenters. The topological polar surface area (TPSA) is 92.6 Å². The molecular formula is C27H34N4O2. The number of aliphatic hydroxyl groups is 1. The summed E-state index contributed by atoms with van der Waals surface area (Å²) in [5.74, 6) is -0.175. The van der Waals surface area contributed by atoms with E-state index in [4.69, 9.17) is 10.8 Å². The lowest BCUT2D eigenvalue weighted by atomic mass is 10.0. The van der Waals surface area contributed by atoms with Gasteiger partial charge in [-0.3, -0.25) is 15.1 Å². The molecule has 0 aliphatic rings. The van der Waals surface area contributed by atoms with E-state index in [1.807, 2.05) is 41.0 Å². The average molecular weight is 447 g/mol. The third-order valence-corrected chi connectivity index (χ3v) is 5.54. The molecule has 33 heavy (non-hydrogen) atoms. The highest BCUT2D eigenvalue weighted by Gasteiger charge is 2.15. The van der Waals surface area contributed by atoms with Gasteiger partial charge in [0.2, 0.25) is 5.91 Å². The standard InChI is InChI=1S/C27H34N4O2/c1-2-3-5-9-21-12-14-23(15-13-21)25-17-16-24(22-10-6-4-7-11-22)31(25)20-26(33)30-27(28)29-18-8-19-32/h4,6-7,10-17,32H,2-3,5,8-9,18-20H2,1H3,(H3,28,29,30,33). The Kier molecular flexibility index (Phi) is 9.27. The minimum atomic E-state index is -0.244. The Balaban J connectivity index is 1.85. The summed E-state index contributed by atoms with van der Waals surface area (Å²) < 4.78 is 2.01. The normalized spacial score (nSPS) is 11.5. The molecule has 6 nitrogen and oxygen atoms in total. The lowest BCUT2D eigenvalue weighted by molar-refractivity contribution is -0.120. The number of carbonyl (C=O) groups excluding carboxylic acids is 1. The number of aliphatic imine (C=N–C) groups is 1. The van der Waals surface area contributed by atoms with Crippen LogP contribution in [0.4, 0.5) is 0 Å². The predicted octanol–water partition coefficient (Wildman–Crippen LogP) is 4.37. The van der Waals surface area contributed by atoms with Crippen LogP contribution in [-0.4, -0.2) is 34.7 Å². The molecule has 0 saturated heterocycles. The van der Waals surface area contributed by atoms with E-state index >= 15 is 0 Å². The van der Waals surface area contributed by atoms with E-state index in [-0.39, 0.29) is 25.0 Å². The summed E-state index contributed by atoms with van der Waals surface area (Å²) >= 11 is 0. The summed E-state index contributed by atoms with van der Waals surface area (Å²) in [6, 6.07) is 22.7. The molecule has 1 aromatic heterocycles. The molecule has 3 rings (SSSR count). The van der Waals surface area contributed by atoms with Gasteiger partial charge in [0, 0.05) is 24.5 Å². The molecule has 0 radical (unpaired) electrons. The number of guanidine groups is 1. The quantitative estimate of drug-likeness (QED) is 0.232. The van der Waals surface area contributed by atoms with Crippen LogP contribution in [0.5, 0.6) is 0 Å². The number of hydrogen-bond acceptors (Lipinski definition) is 3. The highest BCUT2D eigenvalue weighted by Crippen LogP contribution is 2.29. The molecule has 1 heterocycles. The van der Waals surface area contributed by atoms with Gasteiger partial charge in [0.15, 0.2) is 5.96 Å². The van der Waals surface area contributed by atoms with Crippen LogP contribution in [0.2, 0.25) is 0 Å². The van der Waals surface area contributed by atoms with E-state index in [1.54, 1.807) is 0 Å². The maximum Gasteiger partial charge on any atom is 0.246 e. The smallest absolute Gasteiger partial charge is 0.246 e. The maximum absolute atomic E-state index is 12.8. The molecular weight excluding hydrogens is 412 g/mol. The van der Waals surface area contributed by atoms with E-state index in [0.29, 0.717) is 13.0 Å². The fourth-order valence-corrected chi connectivity index (χ4v) is 3.81. The minimum Gasteiger partial charge on any atom is -0.396 e. The summed E-state index contributed by atoms with van der Waals surface area (Å²) in [6.45, 7) is 2.74. The molecule has 0 bridgehead atoms. The molecule has 3 aromatic rings. The first-order valence-corrected chi connectivity index (χ1v) is 11.7. The molecule has 1 amide bonds. The molecule has 0 aliphatic heterocycles. The molecule has 0 spiro atoms. The van der Waals surface area contributed by atoms with Crippen molar-refractivity contribution in [1.82, 2.24) is 9.88 Å². The number of hydrogen-bond donors (Lipinski definition) is 3. The zero-order valence-electron chi connectivity index (χ0n) is 19.3. The number of rotatable bonds is 11. The Morgan fingerprint density at radius 2 is 1.61 bits per heavy atom. The third-order valence-electron chi connectivity index (χ3n) is 5.54. The van der Waals surface area contributed by atoms with Gasteiger partial charge in [0.25, 0.3) is 0 Å². The lowest BCUT2D eigenvalue weighted by Crippen LogP contribution is -2.39. The van der Waals surface area contributed by atoms with Crippen LogP contribution in [0.1, 0.15) is 38.2 Å². The predicted molar refractivity (Wildman–Crippen MR) is 135 cm³/mol. The summed E-state index contributed by atoms with van der Waals surface area (Å²) in [5, 5.41) is 11.5. The largest absolute Gasteiger partial charge is 0.396 e. The Labute approximate surface area is 196 Å². The van der Waals surface area contributed by atoms with Gasteiger partial charge >= 0.3 is 0 Å². The molecule has 0 fully saturated rings. The highest BCUT2D eigenvalue weighted by atomic mass is 16.3. The molecule has 0 aliphatic carbocycles. The van der Waals surface area contributed by atoms with Gasteiger partial charge in [0.05, 0.1) is 0 Å². The molecule has 6 heteroatoms. The number of carbonyl (C=O) groups is 1. The van der Waals surface area contributed by atoms with Gasteiger partial charge in [-0.2, -0.15) is 0 Å². The third kappa shape index (κ3) is 7.05. The Bertz CT molecular complexity index is 1040. The number of nitrogens with two attached hydrogens (primary N) is 1. The van der Waals surface area contributed by atoms with Crippen molar-refractivity contribution in [2.45, 2.75) is 45.6 Å². The van der Waals surface area contributed by atoms with Crippen molar-refractivity contribution < 1.29 is 9.90 Å². The van der Waals surface area contributed by atoms with Crippen molar-refractivity contribution in [1.29, 1.82) is 0 Å². The number of aliphatic hydroxyl groups excluding tert-OH is 1. The molecule has 2 aromatic carbocycles. The van der Waals surface area contributed by atoms with E-state index < -0.39 is 0 Å². The number of aromatic nitrogens is 1. The zero-order chi connectivity index (χ0) is 23.5. The van der Waals surface area contributed by atoms with Crippen LogP contribution in [0, 0.1) is 0 Å². The molecule has 4 N–H and O–H groups in total. The second-order valence-corrected chi connectivity index (χ2v) is 8.10. The molecule has 174 valence electrons. The fourth-order valence-electron chi connectivity index (χ4n) is 3.81. The van der Waals surface area contributed by atoms with Crippen molar-refractivity contribution in [2.75, 3.05) is 13.2 Å². The summed E-state index contributed by atoms with van der Waals surface area (Å²) in [7, 11) is 0. The number of nitrogens with zero attached hydrogens (tertiary/aromatic N) is 2. The van der Waals surface area contributed by atoms with Gasteiger partial charge in [0.1, 0.15) is 6.54 Å². The number of benzene rings is 2. The van der Waals surface area contributed by atoms with Gasteiger partial charge in [-0.1, -0.05) is 74.4 Å². The number of aryl methyl sites for hydroxylation is 1. The highest BCUT2D eigenvalue weighted by molar-refractivity contribution is 5.96. The minimum absolute atomic E-state index is 0.0370. The fraction of sp³-hybridized carbons (Fsp3) is 0.333. The van der Waals surface area contributed by atoms with Crippen LogP contribution in [0.3, 0.4) is 0 Å². The summed E-state index contributed by atoms with van der Waals surface area (Å²) in [6.07, 6.45) is 5.25. The SMILES string of the molecule is CCCCCc1ccc(-c2ccc(-c3ccccc3)n2CC(=O)NC(N)=NCCCO)cc1. The first kappa shape index (κ1) is 24.3. The maximum atomic E-state index is 12.8. The molecule has 0 saturated carbocycles. The van der Waals surface area contributed by atoms with Gasteiger partial charge in [-0.25, -0.2) is 0 Å². The second-order valence-electron chi connectivity index (χ2n) is 8.10. The van der Waals surface area contributed by atoms with Crippen molar-refractivity contribution in [2.24, 2.45) is 10.7 Å².